The lowest BCUT2D eigenvalue weighted by atomic mass is 9.93. The summed E-state index contributed by atoms with van der Waals surface area (Å²) in [4.78, 5) is 0. The van der Waals surface area contributed by atoms with E-state index < -0.39 is 12.1 Å². The second-order valence-corrected chi connectivity index (χ2v) is 4.92. The minimum atomic E-state index is -4.17. The molecule has 0 spiro atoms. The normalized spacial score (nSPS) is 13.9. The van der Waals surface area contributed by atoms with Gasteiger partial charge in [-0.1, -0.05) is 38.1 Å². The topological polar surface area (TPSA) is 26.0 Å². The first-order chi connectivity index (χ1) is 8.34. The molecule has 2 N–H and O–H groups in total. The van der Waals surface area contributed by atoms with Crippen molar-refractivity contribution in [2.24, 2.45) is 11.7 Å². The number of alkyl halides is 3. The second-order valence-electron chi connectivity index (χ2n) is 4.92. The van der Waals surface area contributed by atoms with Crippen LogP contribution >= 0.6 is 0 Å². The minimum Gasteiger partial charge on any atom is -0.330 e. The van der Waals surface area contributed by atoms with Crippen LogP contribution in [0.25, 0.3) is 0 Å². The average Bonchev–Trinajstić information content (AvgIpc) is 2.27. The summed E-state index contributed by atoms with van der Waals surface area (Å²) in [6.07, 6.45) is -4.18. The Hall–Kier alpha value is -1.03. The van der Waals surface area contributed by atoms with Gasteiger partial charge in [-0.15, -0.1) is 0 Å². The number of hydrogen-bond acceptors (Lipinski definition) is 1. The zero-order valence-corrected chi connectivity index (χ0v) is 10.8. The van der Waals surface area contributed by atoms with Gasteiger partial charge in [0.1, 0.15) is 0 Å². The maximum atomic E-state index is 12.8. The molecule has 102 valence electrons. The molecule has 1 aromatic rings. The Bertz CT molecular complexity index is 372. The van der Waals surface area contributed by atoms with E-state index in [0.717, 1.165) is 11.1 Å². The fourth-order valence-electron chi connectivity index (χ4n) is 1.95. The van der Waals surface area contributed by atoms with Crippen LogP contribution in [-0.2, 0) is 6.42 Å². The van der Waals surface area contributed by atoms with E-state index in [1.54, 1.807) is 6.07 Å². The number of benzene rings is 1. The van der Waals surface area contributed by atoms with E-state index in [4.69, 9.17) is 5.73 Å². The summed E-state index contributed by atoms with van der Waals surface area (Å²) < 4.78 is 38.4. The molecule has 0 bridgehead atoms. The first kappa shape index (κ1) is 15.0. The molecule has 1 atom stereocenters. The average molecular weight is 259 g/mol. The van der Waals surface area contributed by atoms with Crippen LogP contribution in [0.5, 0.6) is 0 Å². The third kappa shape index (κ3) is 4.33. The fraction of sp³-hybridized carbons (Fsp3) is 0.571. The van der Waals surface area contributed by atoms with Gasteiger partial charge in [0.2, 0.25) is 0 Å². The highest BCUT2D eigenvalue weighted by Gasteiger charge is 2.38. The Labute approximate surface area is 106 Å². The second kappa shape index (κ2) is 6.23. The van der Waals surface area contributed by atoms with E-state index in [2.05, 4.69) is 0 Å². The van der Waals surface area contributed by atoms with Crippen LogP contribution in [0, 0.1) is 5.92 Å². The molecule has 18 heavy (non-hydrogen) atoms. The molecule has 0 aromatic heterocycles. The molecule has 4 heteroatoms. The lowest BCUT2D eigenvalue weighted by Gasteiger charge is -2.20. The molecule has 0 aliphatic rings. The summed E-state index contributed by atoms with van der Waals surface area (Å²) >= 11 is 0. The molecule has 1 unspecified atom stereocenters. The van der Waals surface area contributed by atoms with Crippen molar-refractivity contribution in [2.75, 3.05) is 6.54 Å². The van der Waals surface area contributed by atoms with Crippen LogP contribution in [0.2, 0.25) is 0 Å². The van der Waals surface area contributed by atoms with Crippen molar-refractivity contribution < 1.29 is 13.2 Å². The quantitative estimate of drug-likeness (QED) is 0.853. The predicted molar refractivity (Wildman–Crippen MR) is 67.5 cm³/mol. The maximum Gasteiger partial charge on any atom is 0.392 e. The van der Waals surface area contributed by atoms with Gasteiger partial charge in [0.15, 0.2) is 0 Å². The largest absolute Gasteiger partial charge is 0.392 e. The SMILES string of the molecule is CC(C)c1cccc(CC(CCN)C(F)(F)F)c1. The fourth-order valence-corrected chi connectivity index (χ4v) is 1.95. The van der Waals surface area contributed by atoms with Gasteiger partial charge in [-0.3, -0.25) is 0 Å². The van der Waals surface area contributed by atoms with Gasteiger partial charge in [0.05, 0.1) is 5.92 Å². The van der Waals surface area contributed by atoms with E-state index in [-0.39, 0.29) is 19.4 Å². The van der Waals surface area contributed by atoms with Gasteiger partial charge < -0.3 is 5.73 Å². The van der Waals surface area contributed by atoms with E-state index >= 15 is 0 Å². The summed E-state index contributed by atoms with van der Waals surface area (Å²) in [7, 11) is 0. The first-order valence-corrected chi connectivity index (χ1v) is 6.20. The Morgan fingerprint density at radius 2 is 1.89 bits per heavy atom. The van der Waals surface area contributed by atoms with Crippen LogP contribution in [0.1, 0.15) is 37.3 Å². The van der Waals surface area contributed by atoms with Gasteiger partial charge in [-0.05, 0) is 36.4 Å². The number of rotatable bonds is 5. The van der Waals surface area contributed by atoms with Gasteiger partial charge in [0.25, 0.3) is 0 Å². The summed E-state index contributed by atoms with van der Waals surface area (Å²) in [5, 5.41) is 0. The predicted octanol–water partition coefficient (Wildman–Crippen LogP) is 3.88. The number of hydrogen-bond donors (Lipinski definition) is 1. The van der Waals surface area contributed by atoms with Crippen molar-refractivity contribution >= 4 is 0 Å². The van der Waals surface area contributed by atoms with Crippen molar-refractivity contribution in [2.45, 2.75) is 38.8 Å². The Morgan fingerprint density at radius 1 is 1.22 bits per heavy atom. The van der Waals surface area contributed by atoms with E-state index in [1.807, 2.05) is 32.0 Å². The summed E-state index contributed by atoms with van der Waals surface area (Å²) in [5.41, 5.74) is 7.06. The monoisotopic (exact) mass is 259 g/mol. The van der Waals surface area contributed by atoms with Gasteiger partial charge >= 0.3 is 6.18 Å². The van der Waals surface area contributed by atoms with Crippen LogP contribution in [0.4, 0.5) is 13.2 Å². The first-order valence-electron chi connectivity index (χ1n) is 6.20. The summed E-state index contributed by atoms with van der Waals surface area (Å²) in [5.74, 6) is -1.02. The molecule has 0 amide bonds. The zero-order valence-electron chi connectivity index (χ0n) is 10.8. The van der Waals surface area contributed by atoms with Gasteiger partial charge in [0, 0.05) is 0 Å². The Kier molecular flexibility index (Phi) is 5.20. The molecule has 1 rings (SSSR count). The third-order valence-corrected chi connectivity index (χ3v) is 3.08. The third-order valence-electron chi connectivity index (χ3n) is 3.08. The van der Waals surface area contributed by atoms with Crippen LogP contribution < -0.4 is 5.73 Å². The molecule has 1 aromatic carbocycles. The number of nitrogens with two attached hydrogens (primary N) is 1. The standard InChI is InChI=1S/C14H20F3N/c1-10(2)12-5-3-4-11(8-12)9-13(6-7-18)14(15,16)17/h3-5,8,10,13H,6-7,9,18H2,1-2H3. The molecule has 0 aliphatic heterocycles. The minimum absolute atomic E-state index is 0.0151. The summed E-state index contributed by atoms with van der Waals surface area (Å²) in [6.45, 7) is 4.12. The molecular weight excluding hydrogens is 239 g/mol. The van der Waals surface area contributed by atoms with Crippen molar-refractivity contribution in [3.63, 3.8) is 0 Å². The van der Waals surface area contributed by atoms with E-state index in [1.165, 1.54) is 0 Å². The van der Waals surface area contributed by atoms with Crippen molar-refractivity contribution in [1.82, 2.24) is 0 Å². The Morgan fingerprint density at radius 3 is 2.39 bits per heavy atom. The van der Waals surface area contributed by atoms with E-state index in [9.17, 15) is 13.2 Å². The molecule has 0 saturated heterocycles. The lowest BCUT2D eigenvalue weighted by molar-refractivity contribution is -0.175. The lowest BCUT2D eigenvalue weighted by Crippen LogP contribution is -2.27. The zero-order chi connectivity index (χ0) is 13.8. The molecule has 0 radical (unpaired) electrons. The van der Waals surface area contributed by atoms with Crippen molar-refractivity contribution in [1.29, 1.82) is 0 Å². The molecule has 0 fully saturated rings. The maximum absolute atomic E-state index is 12.8. The van der Waals surface area contributed by atoms with Gasteiger partial charge in [-0.25, -0.2) is 0 Å². The molecular formula is C14H20F3N. The Balaban J connectivity index is 2.84. The van der Waals surface area contributed by atoms with Crippen LogP contribution in [-0.4, -0.2) is 12.7 Å². The summed E-state index contributed by atoms with van der Waals surface area (Å²) in [6, 6.07) is 7.38. The molecule has 0 saturated carbocycles. The van der Waals surface area contributed by atoms with Gasteiger partial charge in [-0.2, -0.15) is 13.2 Å². The van der Waals surface area contributed by atoms with Crippen molar-refractivity contribution in [3.8, 4) is 0 Å². The molecule has 0 aliphatic carbocycles. The van der Waals surface area contributed by atoms with Crippen LogP contribution in [0.3, 0.4) is 0 Å². The highest BCUT2D eigenvalue weighted by Crippen LogP contribution is 2.31. The van der Waals surface area contributed by atoms with E-state index in [0.29, 0.717) is 5.92 Å². The number of halogens is 3. The molecule has 1 nitrogen and oxygen atoms in total. The van der Waals surface area contributed by atoms with Crippen LogP contribution in [0.15, 0.2) is 24.3 Å². The smallest absolute Gasteiger partial charge is 0.330 e. The van der Waals surface area contributed by atoms with Crippen molar-refractivity contribution in [3.05, 3.63) is 35.4 Å². The highest BCUT2D eigenvalue weighted by molar-refractivity contribution is 5.26. The highest BCUT2D eigenvalue weighted by atomic mass is 19.4. The molecule has 0 heterocycles.